The summed E-state index contributed by atoms with van der Waals surface area (Å²) in [4.78, 5) is 19.2. The number of benzene rings is 1. The van der Waals surface area contributed by atoms with Crippen LogP contribution < -0.4 is 4.90 Å². The van der Waals surface area contributed by atoms with Gasteiger partial charge < -0.3 is 4.90 Å². The first-order valence-electron chi connectivity index (χ1n) is 9.58. The summed E-state index contributed by atoms with van der Waals surface area (Å²) in [5.41, 5.74) is 10.7. The van der Waals surface area contributed by atoms with Gasteiger partial charge in [0.15, 0.2) is 0 Å². The minimum atomic E-state index is -0.161. The van der Waals surface area contributed by atoms with Crippen LogP contribution in [0.2, 0.25) is 0 Å². The molecule has 0 spiro atoms. The second-order valence-electron chi connectivity index (χ2n) is 7.46. The van der Waals surface area contributed by atoms with E-state index in [1.54, 1.807) is 11.3 Å². The molecule has 1 aromatic carbocycles. The number of carbonyl (C=O) groups excluding carboxylic acids is 1. The van der Waals surface area contributed by atoms with Crippen molar-refractivity contribution in [2.24, 2.45) is 17.0 Å². The number of nitrogens with zero attached hydrogens (tertiary/aromatic N) is 4. The lowest BCUT2D eigenvalue weighted by molar-refractivity contribution is -0.123. The van der Waals surface area contributed by atoms with Crippen LogP contribution in [-0.2, 0) is 4.79 Å². The van der Waals surface area contributed by atoms with E-state index in [9.17, 15) is 4.79 Å². The molecule has 1 unspecified atom stereocenters. The number of anilines is 1. The second-order valence-corrected chi connectivity index (χ2v) is 8.37. The van der Waals surface area contributed by atoms with Crippen LogP contribution in [0, 0.1) is 11.8 Å². The fraction of sp³-hybridized carbons (Fsp3) is 0.476. The van der Waals surface area contributed by atoms with E-state index in [0.29, 0.717) is 5.92 Å². The zero-order valence-corrected chi connectivity index (χ0v) is 16.7. The molecule has 1 fully saturated rings. The quantitative estimate of drug-likeness (QED) is 0.329. The smallest absolute Gasteiger partial charge is 0.230 e. The molecule has 5 nitrogen and oxygen atoms in total. The highest BCUT2D eigenvalue weighted by Gasteiger charge is 2.31. The summed E-state index contributed by atoms with van der Waals surface area (Å²) in [5, 5.41) is 5.75. The first kappa shape index (κ1) is 19.5. The molecular weight excluding hydrogens is 356 g/mol. The standard InChI is InChI=1S/C21H26N4OS/c1-15-8-10-18(11-9-15)21(26)25(16(2)13-23-24-22)19-12-20(27-14-19)17-6-4-3-5-7-17/h3-7,12,14-16,18H,8-11,13H2,1-2H3. The number of azide groups is 1. The van der Waals surface area contributed by atoms with E-state index >= 15 is 0 Å². The van der Waals surface area contributed by atoms with Crippen molar-refractivity contribution in [2.45, 2.75) is 45.6 Å². The molecule has 1 atom stereocenters. The van der Waals surface area contributed by atoms with Gasteiger partial charge in [0.2, 0.25) is 5.91 Å². The minimum absolute atomic E-state index is 0.0646. The number of amides is 1. The van der Waals surface area contributed by atoms with E-state index in [1.165, 1.54) is 0 Å². The number of hydrogen-bond acceptors (Lipinski definition) is 3. The summed E-state index contributed by atoms with van der Waals surface area (Å²) in [6.07, 6.45) is 4.10. The van der Waals surface area contributed by atoms with Crippen molar-refractivity contribution in [3.8, 4) is 10.4 Å². The van der Waals surface area contributed by atoms with Gasteiger partial charge in [-0.05, 0) is 55.7 Å². The van der Waals surface area contributed by atoms with E-state index in [4.69, 9.17) is 5.53 Å². The molecule has 6 heteroatoms. The molecule has 0 saturated heterocycles. The second kappa shape index (κ2) is 9.07. The number of thiophene rings is 1. The van der Waals surface area contributed by atoms with Crippen LogP contribution in [0.15, 0.2) is 46.9 Å². The van der Waals surface area contributed by atoms with Crippen molar-refractivity contribution >= 4 is 22.9 Å². The van der Waals surface area contributed by atoms with Gasteiger partial charge in [-0.3, -0.25) is 4.79 Å². The van der Waals surface area contributed by atoms with Crippen molar-refractivity contribution in [2.75, 3.05) is 11.4 Å². The topological polar surface area (TPSA) is 69.1 Å². The molecule has 0 aliphatic heterocycles. The van der Waals surface area contributed by atoms with Gasteiger partial charge in [0.05, 0.1) is 5.69 Å². The summed E-state index contributed by atoms with van der Waals surface area (Å²) >= 11 is 1.64. The Kier molecular flexibility index (Phi) is 6.54. The van der Waals surface area contributed by atoms with Gasteiger partial charge in [-0.25, -0.2) is 0 Å². The maximum absolute atomic E-state index is 13.4. The molecule has 3 rings (SSSR count). The summed E-state index contributed by atoms with van der Waals surface area (Å²) in [7, 11) is 0. The highest BCUT2D eigenvalue weighted by Crippen LogP contribution is 2.36. The average molecular weight is 383 g/mol. The van der Waals surface area contributed by atoms with Crippen molar-refractivity contribution in [3.05, 3.63) is 52.2 Å². The van der Waals surface area contributed by atoms with E-state index in [1.807, 2.05) is 35.4 Å². The van der Waals surface area contributed by atoms with Crippen molar-refractivity contribution in [1.29, 1.82) is 0 Å². The normalized spacial score (nSPS) is 20.5. The van der Waals surface area contributed by atoms with Crippen LogP contribution in [0.1, 0.15) is 39.5 Å². The van der Waals surface area contributed by atoms with E-state index < -0.39 is 0 Å². The Morgan fingerprint density at radius 3 is 2.67 bits per heavy atom. The third-order valence-corrected chi connectivity index (χ3v) is 6.34. The molecule has 0 bridgehead atoms. The number of rotatable bonds is 6. The van der Waals surface area contributed by atoms with Gasteiger partial charge in [-0.1, -0.05) is 42.4 Å². The van der Waals surface area contributed by atoms with Gasteiger partial charge in [-0.2, -0.15) is 0 Å². The van der Waals surface area contributed by atoms with Crippen LogP contribution in [0.3, 0.4) is 0 Å². The van der Waals surface area contributed by atoms with E-state index in [0.717, 1.165) is 41.8 Å². The predicted octanol–water partition coefficient (Wildman–Crippen LogP) is 6.27. The summed E-state index contributed by atoms with van der Waals surface area (Å²) in [5.74, 6) is 0.934. The Labute approximate surface area is 164 Å². The van der Waals surface area contributed by atoms with Gasteiger partial charge >= 0.3 is 0 Å². The summed E-state index contributed by atoms with van der Waals surface area (Å²) in [6.45, 7) is 4.49. The third kappa shape index (κ3) is 4.71. The predicted molar refractivity (Wildman–Crippen MR) is 112 cm³/mol. The molecule has 27 heavy (non-hydrogen) atoms. The molecule has 1 heterocycles. The van der Waals surface area contributed by atoms with Crippen LogP contribution in [0.4, 0.5) is 5.69 Å². The highest BCUT2D eigenvalue weighted by atomic mass is 32.1. The highest BCUT2D eigenvalue weighted by molar-refractivity contribution is 7.14. The zero-order valence-electron chi connectivity index (χ0n) is 15.9. The van der Waals surface area contributed by atoms with Crippen LogP contribution in [-0.4, -0.2) is 18.5 Å². The third-order valence-electron chi connectivity index (χ3n) is 5.37. The molecule has 1 aromatic heterocycles. The molecule has 1 aliphatic rings. The van der Waals surface area contributed by atoms with Gasteiger partial charge in [0.1, 0.15) is 0 Å². The fourth-order valence-electron chi connectivity index (χ4n) is 3.75. The molecule has 1 aliphatic carbocycles. The molecule has 2 aromatic rings. The molecule has 1 saturated carbocycles. The van der Waals surface area contributed by atoms with Gasteiger partial charge in [0.25, 0.3) is 0 Å². The van der Waals surface area contributed by atoms with Crippen molar-refractivity contribution < 1.29 is 4.79 Å². The number of carbonyl (C=O) groups is 1. The van der Waals surface area contributed by atoms with Gasteiger partial charge in [-0.15, -0.1) is 11.3 Å². The molecule has 0 radical (unpaired) electrons. The monoisotopic (exact) mass is 382 g/mol. The van der Waals surface area contributed by atoms with Crippen molar-refractivity contribution in [1.82, 2.24) is 0 Å². The van der Waals surface area contributed by atoms with Crippen LogP contribution in [0.5, 0.6) is 0 Å². The Bertz CT molecular complexity index is 805. The Hall–Kier alpha value is -2.30. The SMILES string of the molecule is CC1CCC(C(=O)N(c2csc(-c3ccccc3)c2)C(C)CN=[N+]=[N-])CC1. The summed E-state index contributed by atoms with van der Waals surface area (Å²) in [6, 6.07) is 12.1. The van der Waals surface area contributed by atoms with Crippen LogP contribution in [0.25, 0.3) is 20.9 Å². The first-order valence-corrected chi connectivity index (χ1v) is 10.5. The van der Waals surface area contributed by atoms with E-state index in [2.05, 4.69) is 35.1 Å². The Balaban J connectivity index is 1.87. The molecule has 1 amide bonds. The Morgan fingerprint density at radius 1 is 1.30 bits per heavy atom. The lowest BCUT2D eigenvalue weighted by atomic mass is 9.82. The van der Waals surface area contributed by atoms with Gasteiger partial charge in [0, 0.05) is 33.7 Å². The lowest BCUT2D eigenvalue weighted by Crippen LogP contribution is -2.44. The first-order chi connectivity index (χ1) is 13.1. The van der Waals surface area contributed by atoms with Crippen LogP contribution >= 0.6 is 11.3 Å². The number of hydrogen-bond donors (Lipinski definition) is 0. The molecule has 142 valence electrons. The minimum Gasteiger partial charge on any atom is -0.308 e. The molecular formula is C21H26N4OS. The zero-order chi connectivity index (χ0) is 19.2. The average Bonchev–Trinajstić information content (AvgIpc) is 3.17. The Morgan fingerprint density at radius 2 is 2.00 bits per heavy atom. The van der Waals surface area contributed by atoms with Crippen molar-refractivity contribution in [3.63, 3.8) is 0 Å². The maximum Gasteiger partial charge on any atom is 0.230 e. The fourth-order valence-corrected chi connectivity index (χ4v) is 4.64. The summed E-state index contributed by atoms with van der Waals surface area (Å²) < 4.78 is 0. The molecule has 0 N–H and O–H groups in total. The lowest BCUT2D eigenvalue weighted by Gasteiger charge is -2.34. The van der Waals surface area contributed by atoms with E-state index in [-0.39, 0.29) is 24.4 Å². The maximum atomic E-state index is 13.4. The largest absolute Gasteiger partial charge is 0.308 e.